The van der Waals surface area contributed by atoms with Gasteiger partial charge >= 0.3 is 0 Å². The van der Waals surface area contributed by atoms with Crippen LogP contribution in [0.25, 0.3) is 65.4 Å². The summed E-state index contributed by atoms with van der Waals surface area (Å²) in [6.45, 7) is 14.7. The summed E-state index contributed by atoms with van der Waals surface area (Å²) in [5.74, 6) is 0.987. The molecule has 366 valence electrons. The minimum absolute atomic E-state index is 0.486. The summed E-state index contributed by atoms with van der Waals surface area (Å²) in [6.07, 6.45) is 10.9. The fraction of sp³-hybridized carbons (Fsp3) is 0.246. The summed E-state index contributed by atoms with van der Waals surface area (Å²) in [4.78, 5) is 5.25. The number of hydrogen-bond donors (Lipinski definition) is 0. The van der Waals surface area contributed by atoms with E-state index in [1.54, 1.807) is 0 Å². The molecule has 3 aliphatic rings. The lowest BCUT2D eigenvalue weighted by Gasteiger charge is -2.33. The average Bonchev–Trinajstić information content (AvgIpc) is 4.30. The molecule has 0 N–H and O–H groups in total. The Hall–Kier alpha value is -6.93. The maximum absolute atomic E-state index is 6.98. The molecule has 1 aromatic heterocycles. The normalized spacial score (nSPS) is 15.4. The van der Waals surface area contributed by atoms with Crippen LogP contribution in [0.2, 0.25) is 39.3 Å². The second-order valence-electron chi connectivity index (χ2n) is 24.2. The molecule has 74 heavy (non-hydrogen) atoms. The molecule has 3 nitrogen and oxygen atoms in total. The molecule has 0 atom stereocenters. The summed E-state index contributed by atoms with van der Waals surface area (Å²) in [7, 11) is -3.15. The number of nitrogens with zero attached hydrogens (tertiary/aromatic N) is 2. The van der Waals surface area contributed by atoms with Crippen molar-refractivity contribution in [1.82, 2.24) is 0 Å². The van der Waals surface area contributed by atoms with Crippen LogP contribution in [0.5, 0.6) is 0 Å². The van der Waals surface area contributed by atoms with Gasteiger partial charge in [0.05, 0.1) is 38.9 Å². The highest BCUT2D eigenvalue weighted by atomic mass is 28.3. The van der Waals surface area contributed by atoms with E-state index in [0.29, 0.717) is 11.8 Å². The Kier molecular flexibility index (Phi) is 10.7. The monoisotopic (exact) mass is 994 g/mol. The van der Waals surface area contributed by atoms with E-state index in [2.05, 4.69) is 219 Å². The van der Waals surface area contributed by atoms with Crippen molar-refractivity contribution in [3.63, 3.8) is 0 Å². The minimum Gasteiger partial charge on any atom is -0.454 e. The highest BCUT2D eigenvalue weighted by Crippen LogP contribution is 2.55. The number of benzene rings is 10. The Morgan fingerprint density at radius 1 is 0.405 bits per heavy atom. The molecule has 5 heteroatoms. The number of hydrogen-bond acceptors (Lipinski definition) is 3. The molecule has 0 unspecified atom stereocenters. The summed E-state index contributed by atoms with van der Waals surface area (Å²) >= 11 is 0. The van der Waals surface area contributed by atoms with Crippen LogP contribution >= 0.6 is 0 Å². The summed E-state index contributed by atoms with van der Waals surface area (Å²) in [5.41, 5.74) is 17.7. The number of para-hydroxylation sites is 2. The van der Waals surface area contributed by atoms with Crippen molar-refractivity contribution in [2.24, 2.45) is 0 Å². The van der Waals surface area contributed by atoms with E-state index in [9.17, 15) is 0 Å². The number of anilines is 6. The van der Waals surface area contributed by atoms with Crippen LogP contribution in [0.3, 0.4) is 0 Å². The first-order chi connectivity index (χ1) is 36.0. The van der Waals surface area contributed by atoms with Gasteiger partial charge in [-0.1, -0.05) is 191 Å². The first kappa shape index (κ1) is 45.7. The molecule has 0 bridgehead atoms. The van der Waals surface area contributed by atoms with Gasteiger partial charge in [-0.3, -0.25) is 0 Å². The topological polar surface area (TPSA) is 19.6 Å². The van der Waals surface area contributed by atoms with Gasteiger partial charge in [0.15, 0.2) is 5.58 Å². The third kappa shape index (κ3) is 7.32. The molecule has 14 rings (SSSR count). The summed E-state index contributed by atoms with van der Waals surface area (Å²) in [5, 5.41) is 13.5. The van der Waals surface area contributed by atoms with Crippen LogP contribution < -0.4 is 20.2 Å². The van der Waals surface area contributed by atoms with Gasteiger partial charge in [0, 0.05) is 39.3 Å². The highest BCUT2D eigenvalue weighted by molar-refractivity contribution is 6.89. The number of rotatable bonds is 10. The zero-order chi connectivity index (χ0) is 50.0. The fourth-order valence-electron chi connectivity index (χ4n) is 13.8. The van der Waals surface area contributed by atoms with Gasteiger partial charge in [-0.15, -0.1) is 0 Å². The van der Waals surface area contributed by atoms with Gasteiger partial charge in [0.2, 0.25) is 0 Å². The van der Waals surface area contributed by atoms with E-state index in [4.69, 9.17) is 4.42 Å². The molecule has 11 aromatic rings. The Morgan fingerprint density at radius 3 is 1.46 bits per heavy atom. The fourth-order valence-corrected chi connectivity index (χ4v) is 16.2. The van der Waals surface area contributed by atoms with Gasteiger partial charge in [0.1, 0.15) is 5.58 Å². The lowest BCUT2D eigenvalue weighted by atomic mass is 9.82. The third-order valence-electron chi connectivity index (χ3n) is 17.7. The summed E-state index contributed by atoms with van der Waals surface area (Å²) < 4.78 is 6.98. The zero-order valence-electron chi connectivity index (χ0n) is 44.0. The smallest absolute Gasteiger partial charge is 0.159 e. The number of fused-ring (bicyclic) bond motifs is 6. The molecule has 0 amide bonds. The molecule has 3 aliphatic carbocycles. The molecule has 0 saturated heterocycles. The molecule has 2 fully saturated rings. The van der Waals surface area contributed by atoms with Gasteiger partial charge in [-0.05, 0) is 147 Å². The maximum Gasteiger partial charge on any atom is 0.159 e. The quantitative estimate of drug-likeness (QED) is 0.101. The Balaban J connectivity index is 1.09. The van der Waals surface area contributed by atoms with E-state index in [1.807, 2.05) is 0 Å². The van der Waals surface area contributed by atoms with Crippen molar-refractivity contribution in [2.45, 2.75) is 109 Å². The van der Waals surface area contributed by atoms with Crippen molar-refractivity contribution in [1.29, 1.82) is 0 Å². The van der Waals surface area contributed by atoms with Crippen molar-refractivity contribution in [3.05, 3.63) is 192 Å². The van der Waals surface area contributed by atoms with Gasteiger partial charge in [-0.25, -0.2) is 0 Å². The molecule has 2 saturated carbocycles. The van der Waals surface area contributed by atoms with Crippen LogP contribution in [-0.4, -0.2) is 16.1 Å². The van der Waals surface area contributed by atoms with Crippen LogP contribution in [0.1, 0.15) is 85.5 Å². The predicted molar refractivity (Wildman–Crippen MR) is 323 cm³/mol. The van der Waals surface area contributed by atoms with E-state index in [0.717, 1.165) is 39.7 Å². The summed E-state index contributed by atoms with van der Waals surface area (Å²) in [6, 6.07) is 66.2. The molecule has 10 aromatic carbocycles. The SMILES string of the molecule is C[Si](C)(C)c1ccc(N(c2cccc3c2Cc2ccccc2-3)c2cc(C3CCCC3)c3ccc4c(N(c5ccc([Si](C)(C)C)cc5)c5cccc6c5oc5ccccc56)cc(C5CCCC5)c5ccc2c3c54)cc1. The Morgan fingerprint density at radius 2 is 0.878 bits per heavy atom. The van der Waals surface area contributed by atoms with Crippen molar-refractivity contribution < 1.29 is 4.42 Å². The highest BCUT2D eigenvalue weighted by Gasteiger charge is 2.33. The van der Waals surface area contributed by atoms with Crippen molar-refractivity contribution in [2.75, 3.05) is 9.80 Å². The van der Waals surface area contributed by atoms with Crippen molar-refractivity contribution in [3.8, 4) is 11.1 Å². The van der Waals surface area contributed by atoms with Gasteiger partial charge in [-0.2, -0.15) is 0 Å². The van der Waals surface area contributed by atoms with Gasteiger partial charge < -0.3 is 14.2 Å². The third-order valence-corrected chi connectivity index (χ3v) is 21.8. The lowest BCUT2D eigenvalue weighted by Crippen LogP contribution is -2.37. The molecular weight excluding hydrogens is 929 g/mol. The molecule has 1 heterocycles. The predicted octanol–water partition coefficient (Wildman–Crippen LogP) is 19.4. The first-order valence-corrected chi connectivity index (χ1v) is 34.7. The van der Waals surface area contributed by atoms with Crippen molar-refractivity contribution >= 4 is 115 Å². The lowest BCUT2D eigenvalue weighted by molar-refractivity contribution is 0.669. The molecular formula is C69H66N2OSi2. The average molecular weight is 995 g/mol. The Labute approximate surface area is 438 Å². The molecule has 0 aliphatic heterocycles. The largest absolute Gasteiger partial charge is 0.454 e. The van der Waals surface area contributed by atoms with Crippen LogP contribution in [0.4, 0.5) is 34.1 Å². The Bertz CT molecular complexity index is 3970. The van der Waals surface area contributed by atoms with E-state index in [1.165, 1.54) is 150 Å². The zero-order valence-corrected chi connectivity index (χ0v) is 46.0. The van der Waals surface area contributed by atoms with E-state index in [-0.39, 0.29) is 0 Å². The maximum atomic E-state index is 6.98. The second kappa shape index (κ2) is 17.3. The first-order valence-electron chi connectivity index (χ1n) is 27.7. The van der Waals surface area contributed by atoms with Crippen LogP contribution in [0.15, 0.2) is 174 Å². The van der Waals surface area contributed by atoms with E-state index < -0.39 is 16.1 Å². The minimum atomic E-state index is -1.58. The van der Waals surface area contributed by atoms with Crippen LogP contribution in [-0.2, 0) is 6.42 Å². The van der Waals surface area contributed by atoms with Gasteiger partial charge in [0.25, 0.3) is 0 Å². The molecule has 0 spiro atoms. The van der Waals surface area contributed by atoms with Crippen LogP contribution in [0, 0.1) is 0 Å². The second-order valence-corrected chi connectivity index (χ2v) is 34.3. The standard InChI is InChI=1S/C69H66N2OSi2/c1-73(2,3)49-33-29-47(30-34-49)70(62-26-15-24-52-51-22-12-11-21-46(51)41-61(52)62)64-42-59(44-17-7-8-18-44)54-38-40-58-65(43-60(45-19-9-10-20-45)55-37-39-57(64)67(54)68(55)58)71(48-31-35-50(36-32-48)74(4,5)6)63-27-16-25-56-53-23-13-14-28-66(53)72-69(56)63/h11-16,21-40,42-45H,7-10,17-20,41H2,1-6H3. The number of furan rings is 1. The molecule has 0 radical (unpaired) electrons. The van der Waals surface area contributed by atoms with E-state index >= 15 is 0 Å².